The molecule has 6 heterocycles. The van der Waals surface area contributed by atoms with Crippen LogP contribution in [0.15, 0.2) is 393 Å². The van der Waals surface area contributed by atoms with E-state index in [1.807, 2.05) is 213 Å². The van der Waals surface area contributed by atoms with E-state index in [1.165, 1.54) is 52.4 Å². The first-order valence-corrected chi connectivity index (χ1v) is 45.1. The molecule has 22 rings (SSSR count). The highest BCUT2D eigenvalue weighted by Gasteiger charge is 2.35. The van der Waals surface area contributed by atoms with Crippen LogP contribution in [-0.2, 0) is 13.7 Å². The normalized spacial score (nSPS) is 13.0. The number of rotatable bonds is 11. The molecule has 0 spiro atoms. The van der Waals surface area contributed by atoms with Gasteiger partial charge in [0.05, 0.1) is 50.2 Å². The Kier molecular flexibility index (Phi) is 17.7. The van der Waals surface area contributed by atoms with Gasteiger partial charge in [-0.2, -0.15) is 0 Å². The van der Waals surface area contributed by atoms with Crippen molar-refractivity contribution >= 4 is 159 Å². The number of benzene rings is 16. The van der Waals surface area contributed by atoms with E-state index in [2.05, 4.69) is 197 Å². The summed E-state index contributed by atoms with van der Waals surface area (Å²) in [5.74, 6) is 2.97. The maximum absolute atomic E-state index is 15.2. The molecule has 3 aliphatic rings. The average Bonchev–Trinajstić information content (AvgIpc) is 1.64. The third-order valence-electron chi connectivity index (χ3n) is 21.8. The van der Waals surface area contributed by atoms with Crippen LogP contribution in [0.2, 0.25) is 0 Å². The third-order valence-corrected chi connectivity index (χ3v) is 34.3. The number of aryl methyl sites for hydroxylation is 3. The Labute approximate surface area is 667 Å². The zero-order valence-corrected chi connectivity index (χ0v) is 66.7. The molecular weight excluding hydrogens is 1500 g/mol. The van der Waals surface area contributed by atoms with Crippen molar-refractivity contribution in [2.45, 2.75) is 50.1 Å². The Bertz CT molecular complexity index is 7090. The summed E-state index contributed by atoms with van der Waals surface area (Å²) in [7, 11) is -9.10. The maximum atomic E-state index is 15.2. The van der Waals surface area contributed by atoms with Crippen LogP contribution in [0.3, 0.4) is 0 Å². The van der Waals surface area contributed by atoms with E-state index in [4.69, 9.17) is 15.0 Å². The van der Waals surface area contributed by atoms with Crippen molar-refractivity contribution in [1.82, 2.24) is 28.7 Å². The molecule has 0 radical (unpaired) electrons. The molecule has 1 atom stereocenters. The van der Waals surface area contributed by atoms with Crippen LogP contribution in [0.5, 0.6) is 0 Å². The molecule has 19 aromatic rings. The van der Waals surface area contributed by atoms with Crippen molar-refractivity contribution in [3.63, 3.8) is 0 Å². The Morgan fingerprint density at radius 2 is 0.496 bits per heavy atom. The molecule has 0 bridgehead atoms. The minimum absolute atomic E-state index is 0.839. The Balaban J connectivity index is 0.000000111. The lowest BCUT2D eigenvalue weighted by Crippen LogP contribution is -2.25. The summed E-state index contributed by atoms with van der Waals surface area (Å²) in [5, 5.41) is 12.1. The van der Waals surface area contributed by atoms with Crippen molar-refractivity contribution in [2.24, 2.45) is 0 Å². The minimum Gasteiger partial charge on any atom is -0.309 e. The molecule has 0 aliphatic carbocycles. The molecule has 0 amide bonds. The zero-order valence-electron chi connectivity index (χ0n) is 61.6. The van der Waals surface area contributed by atoms with E-state index in [-0.39, 0.29) is 0 Å². The quantitative estimate of drug-likeness (QED) is 0.117. The first kappa shape index (κ1) is 70.3. The first-order valence-electron chi connectivity index (χ1n) is 37.5. The number of hydrogen-bond donors (Lipinski definition) is 0. The van der Waals surface area contributed by atoms with Gasteiger partial charge in [0.2, 0.25) is 0 Å². The van der Waals surface area contributed by atoms with Crippen LogP contribution >= 0.6 is 56.7 Å². The van der Waals surface area contributed by atoms with Crippen LogP contribution < -0.4 is 47.7 Å². The van der Waals surface area contributed by atoms with E-state index in [9.17, 15) is 9.13 Å². The molecule has 15 heteroatoms. The molecule has 0 saturated heterocycles. The average molecular weight is 1570 g/mol. The summed E-state index contributed by atoms with van der Waals surface area (Å²) in [6.45, 7) is 6.18. The van der Waals surface area contributed by atoms with Crippen molar-refractivity contribution in [3.8, 4) is 39.3 Å². The highest BCUT2D eigenvalue weighted by atomic mass is 32.2. The lowest BCUT2D eigenvalue weighted by Gasteiger charge is -2.24. The smallest absolute Gasteiger partial charge is 0.171 e. The number of nitrogens with zero attached hydrogens (tertiary/aromatic N) is 6. The van der Waals surface area contributed by atoms with Gasteiger partial charge in [0.1, 0.15) is 17.5 Å². The molecule has 3 aliphatic heterocycles. The van der Waals surface area contributed by atoms with Crippen LogP contribution in [0, 0.1) is 20.8 Å². The summed E-state index contributed by atoms with van der Waals surface area (Å²) in [5.41, 5.74) is 14.6. The number of aromatic nitrogens is 6. The molecule has 113 heavy (non-hydrogen) atoms. The third kappa shape index (κ3) is 12.0. The molecular formula is C98H69N6O3P3S3. The van der Waals surface area contributed by atoms with E-state index in [0.717, 1.165) is 136 Å². The lowest BCUT2D eigenvalue weighted by atomic mass is 10.0. The molecule has 9 nitrogen and oxygen atoms in total. The van der Waals surface area contributed by atoms with E-state index < -0.39 is 21.4 Å². The highest BCUT2D eigenvalue weighted by Crippen LogP contribution is 2.51. The topological polar surface area (TPSA) is 105 Å². The van der Waals surface area contributed by atoms with Gasteiger partial charge in [-0.05, 0) is 162 Å². The van der Waals surface area contributed by atoms with Gasteiger partial charge in [-0.3, -0.25) is 13.7 Å². The number of imidazole rings is 3. The molecule has 542 valence electrons. The SMILES string of the molecule is Cc1nc2cccc3c2n1-c1ccc(-c2ccc(P(=O)(c4ccccc4)c4ccccc4)cc2)cc1S3.Cc1nc2cccc3c2n1-c1ccc(-c2ccc4cc(P(=O)(c5ccccc5)c5ccccc5)ccc4c2)cc1S3.Cc1nc2cccc3c2n1-c1ccc(P(=O)(c2ccccc2)c2ccc4ccccc4c2)cc1S3. The predicted molar refractivity (Wildman–Crippen MR) is 474 cm³/mol. The summed E-state index contributed by atoms with van der Waals surface area (Å²) in [6, 6.07) is 123. The Hall–Kier alpha value is -11.8. The van der Waals surface area contributed by atoms with Crippen LogP contribution in [0.1, 0.15) is 17.5 Å². The lowest BCUT2D eigenvalue weighted by molar-refractivity contribution is 0.591. The second-order valence-corrected chi connectivity index (χ2v) is 40.1. The van der Waals surface area contributed by atoms with E-state index in [1.54, 1.807) is 23.5 Å². The number of fused-ring (bicyclic) bond motifs is 8. The standard InChI is InChI=1S/C36H25N2OPS.C32H23N2OPS.C30H21N2OPS/c1-24-37-32-13-8-14-34-36(32)38(24)33-20-18-28(23-35(33)41-34)25-15-16-27-22-31(19-17-26(27)21-25)40(39,29-9-4-2-5-10-29)30-11-6-3-7-12-30;1-22-33-28-13-8-14-30-32(28)34(22)29-20-17-24(21-31(29)37-30)23-15-18-27(19-16-23)36(35,25-9-4-2-5-10-25)26-11-6-3-7-12-26;1-20-31-26-12-7-13-28-30(26)32(20)27-17-16-25(19-29(27)35-28)34(33,23-10-3-2-4-11-23)24-15-14-21-8-5-6-9-22(21)18-24/h2-23H,1H3;2-21H,1H3;2-19H,1H3. The monoisotopic (exact) mass is 1570 g/mol. The second-order valence-electron chi connectivity index (χ2n) is 28.5. The predicted octanol–water partition coefficient (Wildman–Crippen LogP) is 22.0. The van der Waals surface area contributed by atoms with Crippen molar-refractivity contribution in [2.75, 3.05) is 0 Å². The van der Waals surface area contributed by atoms with E-state index >= 15 is 4.57 Å². The van der Waals surface area contributed by atoms with Gasteiger partial charge in [0.25, 0.3) is 0 Å². The van der Waals surface area contributed by atoms with Crippen LogP contribution in [0.25, 0.3) is 94.0 Å². The van der Waals surface area contributed by atoms with Gasteiger partial charge in [-0.15, -0.1) is 0 Å². The first-order chi connectivity index (χ1) is 55.3. The van der Waals surface area contributed by atoms with Gasteiger partial charge in [-0.25, -0.2) is 15.0 Å². The van der Waals surface area contributed by atoms with Crippen molar-refractivity contribution in [1.29, 1.82) is 0 Å². The molecule has 0 N–H and O–H groups in total. The fraction of sp³-hybridized carbons (Fsp3) is 0.0306. The molecule has 3 aromatic heterocycles. The van der Waals surface area contributed by atoms with Gasteiger partial charge < -0.3 is 13.7 Å². The van der Waals surface area contributed by atoms with Gasteiger partial charge in [0.15, 0.2) is 21.4 Å². The molecule has 0 fully saturated rings. The fourth-order valence-corrected chi connectivity index (χ4v) is 27.9. The summed E-state index contributed by atoms with van der Waals surface area (Å²) >= 11 is 5.33. The van der Waals surface area contributed by atoms with Crippen molar-refractivity contribution in [3.05, 3.63) is 381 Å². The summed E-state index contributed by atoms with van der Waals surface area (Å²) < 4.78 is 51.4. The zero-order chi connectivity index (χ0) is 76.1. The second kappa shape index (κ2) is 28.4. The minimum atomic E-state index is -3.10. The van der Waals surface area contributed by atoms with E-state index in [0.29, 0.717) is 0 Å². The van der Waals surface area contributed by atoms with Gasteiger partial charge in [-0.1, -0.05) is 302 Å². The summed E-state index contributed by atoms with van der Waals surface area (Å²) in [6.07, 6.45) is 0. The van der Waals surface area contributed by atoms with Crippen LogP contribution in [-0.4, -0.2) is 28.7 Å². The molecule has 0 saturated carbocycles. The molecule has 16 aromatic carbocycles. The van der Waals surface area contributed by atoms with Gasteiger partial charge in [0, 0.05) is 77.1 Å². The molecule has 1 unspecified atom stereocenters. The highest BCUT2D eigenvalue weighted by molar-refractivity contribution is 8.00. The van der Waals surface area contributed by atoms with Crippen molar-refractivity contribution < 1.29 is 13.7 Å². The Morgan fingerprint density at radius 3 is 0.929 bits per heavy atom. The maximum Gasteiger partial charge on any atom is 0.171 e. The summed E-state index contributed by atoms with van der Waals surface area (Å²) in [4.78, 5) is 21.5. The Morgan fingerprint density at radius 1 is 0.221 bits per heavy atom. The van der Waals surface area contributed by atoms with Gasteiger partial charge >= 0.3 is 0 Å². The number of para-hydroxylation sites is 3. The number of hydrogen-bond acceptors (Lipinski definition) is 9. The fourth-order valence-electron chi connectivity index (χ4n) is 16.4. The largest absolute Gasteiger partial charge is 0.309 e. The van der Waals surface area contributed by atoms with Crippen LogP contribution in [0.4, 0.5) is 0 Å².